The predicted octanol–water partition coefficient (Wildman–Crippen LogP) is 3.79. The Hall–Kier alpha value is -1.94. The number of nitrogens with zero attached hydrogens (tertiary/aromatic N) is 1. The van der Waals surface area contributed by atoms with Crippen LogP contribution in [-0.4, -0.2) is 19.0 Å². The molecule has 1 aliphatic rings. The van der Waals surface area contributed by atoms with E-state index >= 15 is 0 Å². The van der Waals surface area contributed by atoms with Crippen LogP contribution in [0.15, 0.2) is 40.8 Å². The molecule has 1 saturated heterocycles. The SMILES string of the molecule is O=C(Nc1ccccc1)c1cc(Cl)c(N2CCCC2)o1. The second kappa shape index (κ2) is 5.59. The van der Waals surface area contributed by atoms with Crippen molar-refractivity contribution in [1.29, 1.82) is 0 Å². The van der Waals surface area contributed by atoms with E-state index in [1.165, 1.54) is 0 Å². The Balaban J connectivity index is 1.77. The van der Waals surface area contributed by atoms with Gasteiger partial charge in [-0.1, -0.05) is 29.8 Å². The van der Waals surface area contributed by atoms with Crippen molar-refractivity contribution in [3.8, 4) is 0 Å². The Bertz CT molecular complexity index is 604. The van der Waals surface area contributed by atoms with Gasteiger partial charge in [-0.15, -0.1) is 0 Å². The number of hydrogen-bond acceptors (Lipinski definition) is 3. The molecule has 0 aliphatic carbocycles. The molecule has 1 N–H and O–H groups in total. The largest absolute Gasteiger partial charge is 0.434 e. The first-order valence-corrected chi connectivity index (χ1v) is 7.02. The van der Waals surface area contributed by atoms with Crippen molar-refractivity contribution in [2.45, 2.75) is 12.8 Å². The molecule has 1 fully saturated rings. The van der Waals surface area contributed by atoms with Gasteiger partial charge in [0.15, 0.2) is 5.76 Å². The van der Waals surface area contributed by atoms with Gasteiger partial charge in [0.1, 0.15) is 5.02 Å². The molecular formula is C15H15ClN2O2. The molecule has 2 heterocycles. The first kappa shape index (κ1) is 13.1. The van der Waals surface area contributed by atoms with Crippen molar-refractivity contribution < 1.29 is 9.21 Å². The molecule has 1 aromatic carbocycles. The minimum Gasteiger partial charge on any atom is -0.434 e. The van der Waals surface area contributed by atoms with Crippen molar-refractivity contribution in [3.63, 3.8) is 0 Å². The number of furan rings is 1. The summed E-state index contributed by atoms with van der Waals surface area (Å²) >= 11 is 6.16. The fourth-order valence-electron chi connectivity index (χ4n) is 2.32. The van der Waals surface area contributed by atoms with E-state index < -0.39 is 0 Å². The van der Waals surface area contributed by atoms with Crippen LogP contribution >= 0.6 is 11.6 Å². The van der Waals surface area contributed by atoms with Crippen LogP contribution in [0.4, 0.5) is 11.6 Å². The van der Waals surface area contributed by atoms with Crippen LogP contribution in [0.2, 0.25) is 5.02 Å². The topological polar surface area (TPSA) is 45.5 Å². The maximum atomic E-state index is 12.1. The zero-order valence-electron chi connectivity index (χ0n) is 10.9. The quantitative estimate of drug-likeness (QED) is 0.935. The molecule has 4 nitrogen and oxygen atoms in total. The van der Waals surface area contributed by atoms with Gasteiger partial charge in [-0.05, 0) is 25.0 Å². The Labute approximate surface area is 122 Å². The highest BCUT2D eigenvalue weighted by atomic mass is 35.5. The standard InChI is InChI=1S/C15H15ClN2O2/c16-12-10-13(20-15(12)18-8-4-5-9-18)14(19)17-11-6-2-1-3-7-11/h1-3,6-7,10H,4-5,8-9H2,(H,17,19). The molecule has 20 heavy (non-hydrogen) atoms. The zero-order valence-corrected chi connectivity index (χ0v) is 11.7. The van der Waals surface area contributed by atoms with Crippen molar-refractivity contribution in [1.82, 2.24) is 0 Å². The van der Waals surface area contributed by atoms with E-state index in [9.17, 15) is 4.79 Å². The van der Waals surface area contributed by atoms with Gasteiger partial charge >= 0.3 is 0 Å². The van der Waals surface area contributed by atoms with Gasteiger partial charge in [0, 0.05) is 24.8 Å². The third-order valence-electron chi connectivity index (χ3n) is 3.32. The van der Waals surface area contributed by atoms with E-state index in [1.54, 1.807) is 6.07 Å². The molecule has 0 bridgehead atoms. The number of hydrogen-bond donors (Lipinski definition) is 1. The summed E-state index contributed by atoms with van der Waals surface area (Å²) in [6.45, 7) is 1.85. The fourth-order valence-corrected chi connectivity index (χ4v) is 2.58. The first-order chi connectivity index (χ1) is 9.74. The molecule has 3 rings (SSSR count). The van der Waals surface area contributed by atoms with E-state index in [2.05, 4.69) is 10.2 Å². The number of carbonyl (C=O) groups is 1. The van der Waals surface area contributed by atoms with Gasteiger partial charge in [-0.3, -0.25) is 4.79 Å². The summed E-state index contributed by atoms with van der Waals surface area (Å²) in [5.74, 6) is 0.548. The lowest BCUT2D eigenvalue weighted by atomic mass is 10.3. The van der Waals surface area contributed by atoms with Crippen molar-refractivity contribution >= 4 is 29.1 Å². The average molecular weight is 291 g/mol. The summed E-state index contributed by atoms with van der Waals surface area (Å²) in [6.07, 6.45) is 2.26. The molecular weight excluding hydrogens is 276 g/mol. The van der Waals surface area contributed by atoms with Crippen LogP contribution in [0.25, 0.3) is 0 Å². The van der Waals surface area contributed by atoms with Crippen LogP contribution in [0, 0.1) is 0 Å². The number of carbonyl (C=O) groups excluding carboxylic acids is 1. The lowest BCUT2D eigenvalue weighted by molar-refractivity contribution is 0.0997. The fraction of sp³-hybridized carbons (Fsp3) is 0.267. The number of rotatable bonds is 3. The highest BCUT2D eigenvalue weighted by Gasteiger charge is 2.22. The zero-order chi connectivity index (χ0) is 13.9. The number of amides is 1. The van der Waals surface area contributed by atoms with Gasteiger partial charge in [0.05, 0.1) is 0 Å². The first-order valence-electron chi connectivity index (χ1n) is 6.65. The Morgan fingerprint density at radius 1 is 1.20 bits per heavy atom. The third kappa shape index (κ3) is 2.65. The molecule has 0 spiro atoms. The average Bonchev–Trinajstić information content (AvgIpc) is 3.08. The second-order valence-electron chi connectivity index (χ2n) is 4.78. The summed E-state index contributed by atoms with van der Waals surface area (Å²) in [6, 6.07) is 10.8. The third-order valence-corrected chi connectivity index (χ3v) is 3.59. The Morgan fingerprint density at radius 3 is 2.60 bits per heavy atom. The number of benzene rings is 1. The summed E-state index contributed by atoms with van der Waals surface area (Å²) in [4.78, 5) is 14.2. The van der Waals surface area contributed by atoms with Gasteiger partial charge < -0.3 is 14.6 Å². The summed E-state index contributed by atoms with van der Waals surface area (Å²) in [5, 5.41) is 3.27. The van der Waals surface area contributed by atoms with E-state index in [-0.39, 0.29) is 11.7 Å². The lowest BCUT2D eigenvalue weighted by Crippen LogP contribution is -2.17. The van der Waals surface area contributed by atoms with Gasteiger partial charge in [-0.2, -0.15) is 0 Å². The van der Waals surface area contributed by atoms with E-state index in [0.29, 0.717) is 10.9 Å². The minimum absolute atomic E-state index is 0.237. The lowest BCUT2D eigenvalue weighted by Gasteiger charge is -2.13. The molecule has 1 aliphatic heterocycles. The molecule has 0 saturated carbocycles. The molecule has 0 radical (unpaired) electrons. The van der Waals surface area contributed by atoms with Gasteiger partial charge in [0.25, 0.3) is 5.91 Å². The number of anilines is 2. The van der Waals surface area contributed by atoms with E-state index in [4.69, 9.17) is 16.0 Å². The van der Waals surface area contributed by atoms with Crippen molar-refractivity contribution in [3.05, 3.63) is 47.2 Å². The summed E-state index contributed by atoms with van der Waals surface area (Å²) in [5.41, 5.74) is 0.729. The molecule has 0 unspecified atom stereocenters. The van der Waals surface area contributed by atoms with Crippen LogP contribution < -0.4 is 10.2 Å². The normalized spacial score (nSPS) is 14.6. The molecule has 0 atom stereocenters. The van der Waals surface area contributed by atoms with Crippen LogP contribution in [0.5, 0.6) is 0 Å². The van der Waals surface area contributed by atoms with Gasteiger partial charge in [-0.25, -0.2) is 0 Å². The molecule has 104 valence electrons. The van der Waals surface area contributed by atoms with Crippen molar-refractivity contribution in [2.24, 2.45) is 0 Å². The predicted molar refractivity (Wildman–Crippen MR) is 79.6 cm³/mol. The maximum Gasteiger partial charge on any atom is 0.291 e. The van der Waals surface area contributed by atoms with E-state index in [1.807, 2.05) is 30.3 Å². The monoisotopic (exact) mass is 290 g/mol. The Morgan fingerprint density at radius 2 is 1.90 bits per heavy atom. The molecule has 2 aromatic rings. The van der Waals surface area contributed by atoms with Crippen LogP contribution in [-0.2, 0) is 0 Å². The number of nitrogens with one attached hydrogen (secondary N) is 1. The molecule has 1 aromatic heterocycles. The van der Waals surface area contributed by atoms with Crippen molar-refractivity contribution in [2.75, 3.05) is 23.3 Å². The summed E-state index contributed by atoms with van der Waals surface area (Å²) in [7, 11) is 0. The number of halogens is 1. The second-order valence-corrected chi connectivity index (χ2v) is 5.19. The highest BCUT2D eigenvalue weighted by Crippen LogP contribution is 2.32. The van der Waals surface area contributed by atoms with E-state index in [0.717, 1.165) is 31.6 Å². The summed E-state index contributed by atoms with van der Waals surface area (Å²) < 4.78 is 5.61. The Kier molecular flexibility index (Phi) is 3.65. The smallest absolute Gasteiger partial charge is 0.291 e. The molecule has 5 heteroatoms. The van der Waals surface area contributed by atoms with Crippen LogP contribution in [0.3, 0.4) is 0 Å². The number of para-hydroxylation sites is 1. The van der Waals surface area contributed by atoms with Gasteiger partial charge in [0.2, 0.25) is 5.88 Å². The maximum absolute atomic E-state index is 12.1. The minimum atomic E-state index is -0.288. The molecule has 1 amide bonds. The van der Waals surface area contributed by atoms with Crippen LogP contribution in [0.1, 0.15) is 23.4 Å². The highest BCUT2D eigenvalue weighted by molar-refractivity contribution is 6.33.